The smallest absolute Gasteiger partial charge is 0.258 e. The van der Waals surface area contributed by atoms with Gasteiger partial charge < -0.3 is 25.6 Å². The van der Waals surface area contributed by atoms with Crippen LogP contribution in [0, 0.1) is 5.82 Å². The molecule has 202 valence electrons. The molecular formula is C26H28Cl2FN5O4. The minimum Gasteiger partial charge on any atom is -0.467 e. The second kappa shape index (κ2) is 12.7. The molecule has 1 aliphatic heterocycles. The number of aromatic nitrogens is 2. The summed E-state index contributed by atoms with van der Waals surface area (Å²) >= 11 is 12.3. The number of nitrogens with one attached hydrogen (secondary N) is 1. The first-order valence-corrected chi connectivity index (χ1v) is 12.8. The fourth-order valence-electron chi connectivity index (χ4n) is 4.03. The SMILES string of the molecule is CC(Oc1nc(-c2cccc(C(=O)NC[C@H](O)CN3CCOCC3)c2)cnc1N)c1c(Cl)ccc(F)c1Cl. The lowest BCUT2D eigenvalue weighted by atomic mass is 10.1. The summed E-state index contributed by atoms with van der Waals surface area (Å²) in [5, 5.41) is 13.2. The van der Waals surface area contributed by atoms with Crippen LogP contribution < -0.4 is 15.8 Å². The van der Waals surface area contributed by atoms with Crippen molar-refractivity contribution in [3.63, 3.8) is 0 Å². The molecule has 0 spiro atoms. The second-order valence-electron chi connectivity index (χ2n) is 8.82. The summed E-state index contributed by atoms with van der Waals surface area (Å²) in [7, 11) is 0. The van der Waals surface area contributed by atoms with E-state index < -0.39 is 18.0 Å². The van der Waals surface area contributed by atoms with E-state index in [9.17, 15) is 14.3 Å². The van der Waals surface area contributed by atoms with Crippen molar-refractivity contribution in [2.75, 3.05) is 45.1 Å². The van der Waals surface area contributed by atoms with Crippen molar-refractivity contribution in [3.8, 4) is 17.1 Å². The Morgan fingerprint density at radius 1 is 1.29 bits per heavy atom. The number of β-amino-alcohol motifs (C(OH)–C–C–N with tert-alkyl or cyclic N) is 1. The van der Waals surface area contributed by atoms with E-state index in [0.717, 1.165) is 13.1 Å². The summed E-state index contributed by atoms with van der Waals surface area (Å²) in [5.41, 5.74) is 7.62. The number of aliphatic hydroxyl groups is 1. The van der Waals surface area contributed by atoms with Gasteiger partial charge in [-0.3, -0.25) is 9.69 Å². The van der Waals surface area contributed by atoms with E-state index in [1.54, 1.807) is 31.2 Å². The van der Waals surface area contributed by atoms with E-state index in [-0.39, 0.29) is 39.8 Å². The Hall–Kier alpha value is -3.02. The average molecular weight is 564 g/mol. The van der Waals surface area contributed by atoms with Crippen LogP contribution in [0.15, 0.2) is 42.6 Å². The molecule has 12 heteroatoms. The van der Waals surface area contributed by atoms with Crippen LogP contribution in [0.1, 0.15) is 28.9 Å². The van der Waals surface area contributed by atoms with Crippen molar-refractivity contribution < 1.29 is 23.8 Å². The van der Waals surface area contributed by atoms with Crippen molar-refractivity contribution in [3.05, 3.63) is 69.6 Å². The quantitative estimate of drug-likeness (QED) is 0.336. The van der Waals surface area contributed by atoms with Crippen molar-refractivity contribution in [2.24, 2.45) is 0 Å². The van der Waals surface area contributed by atoms with Crippen LogP contribution in [0.5, 0.6) is 5.88 Å². The van der Waals surface area contributed by atoms with Crippen molar-refractivity contribution >= 4 is 34.9 Å². The van der Waals surface area contributed by atoms with Gasteiger partial charge in [-0.15, -0.1) is 0 Å². The predicted octanol–water partition coefficient (Wildman–Crippen LogP) is 3.73. The molecule has 2 aromatic carbocycles. The third kappa shape index (κ3) is 6.89. The Balaban J connectivity index is 1.44. The van der Waals surface area contributed by atoms with Crippen LogP contribution in [0.4, 0.5) is 10.2 Å². The molecule has 0 aliphatic carbocycles. The fourth-order valence-corrected chi connectivity index (χ4v) is 4.71. The van der Waals surface area contributed by atoms with Gasteiger partial charge >= 0.3 is 0 Å². The van der Waals surface area contributed by atoms with Gasteiger partial charge in [-0.05, 0) is 31.2 Å². The molecule has 1 saturated heterocycles. The Labute approximate surface area is 229 Å². The number of anilines is 1. The standard InChI is InChI=1S/C26H28Cl2FN5O4/c1-15(22-19(27)5-6-20(29)23(22)28)38-26-24(30)31-13-21(33-26)16-3-2-4-17(11-16)25(36)32-12-18(35)14-34-7-9-37-10-8-34/h2-6,11,13,15,18,35H,7-10,12,14H2,1H3,(H2,30,31)(H,32,36)/t15?,18-/m0/s1. The molecule has 1 amide bonds. The molecule has 1 aromatic heterocycles. The lowest BCUT2D eigenvalue weighted by Gasteiger charge is -2.28. The van der Waals surface area contributed by atoms with Gasteiger partial charge in [0.05, 0.1) is 36.2 Å². The van der Waals surface area contributed by atoms with Crippen LogP contribution >= 0.6 is 23.2 Å². The number of carbonyl (C=O) groups excluding carboxylic acids is 1. The van der Waals surface area contributed by atoms with Crippen molar-refractivity contribution in [1.82, 2.24) is 20.2 Å². The number of rotatable bonds is 9. The number of nitrogens with two attached hydrogens (primary N) is 1. The van der Waals surface area contributed by atoms with E-state index in [4.69, 9.17) is 38.4 Å². The van der Waals surface area contributed by atoms with Gasteiger partial charge in [-0.25, -0.2) is 14.4 Å². The normalized spacial score (nSPS) is 15.6. The largest absolute Gasteiger partial charge is 0.467 e. The van der Waals surface area contributed by atoms with E-state index in [0.29, 0.717) is 36.6 Å². The van der Waals surface area contributed by atoms with E-state index in [2.05, 4.69) is 20.2 Å². The summed E-state index contributed by atoms with van der Waals surface area (Å²) in [6, 6.07) is 9.34. The van der Waals surface area contributed by atoms with Crippen LogP contribution in [-0.2, 0) is 4.74 Å². The van der Waals surface area contributed by atoms with Gasteiger partial charge in [0, 0.05) is 47.9 Å². The Morgan fingerprint density at radius 3 is 2.82 bits per heavy atom. The van der Waals surface area contributed by atoms with Gasteiger partial charge in [0.2, 0.25) is 0 Å². The van der Waals surface area contributed by atoms with Crippen molar-refractivity contribution in [1.29, 1.82) is 0 Å². The molecule has 38 heavy (non-hydrogen) atoms. The molecule has 4 rings (SSSR count). The molecule has 2 heterocycles. The first-order chi connectivity index (χ1) is 18.2. The van der Waals surface area contributed by atoms with Crippen molar-refractivity contribution in [2.45, 2.75) is 19.1 Å². The van der Waals surface area contributed by atoms with Crippen LogP contribution in [-0.4, -0.2) is 71.4 Å². The molecule has 1 unspecified atom stereocenters. The molecule has 3 aromatic rings. The monoisotopic (exact) mass is 563 g/mol. The Bertz CT molecular complexity index is 1290. The minimum absolute atomic E-state index is 0.00693. The number of ether oxygens (including phenoxy) is 2. The van der Waals surface area contributed by atoms with Crippen LogP contribution in [0.25, 0.3) is 11.3 Å². The first-order valence-electron chi connectivity index (χ1n) is 12.0. The Morgan fingerprint density at radius 2 is 2.05 bits per heavy atom. The predicted molar refractivity (Wildman–Crippen MR) is 143 cm³/mol. The zero-order chi connectivity index (χ0) is 27.2. The topological polar surface area (TPSA) is 123 Å². The number of nitrogen functional groups attached to an aromatic ring is 1. The highest BCUT2D eigenvalue weighted by atomic mass is 35.5. The molecule has 0 radical (unpaired) electrons. The molecular weight excluding hydrogens is 536 g/mol. The lowest BCUT2D eigenvalue weighted by Crippen LogP contribution is -2.44. The average Bonchev–Trinajstić information content (AvgIpc) is 2.91. The van der Waals surface area contributed by atoms with Gasteiger partial charge in [0.1, 0.15) is 11.9 Å². The maximum absolute atomic E-state index is 14.0. The third-order valence-corrected chi connectivity index (χ3v) is 6.75. The number of amides is 1. The molecule has 0 saturated carbocycles. The van der Waals surface area contributed by atoms with E-state index >= 15 is 0 Å². The molecule has 4 N–H and O–H groups in total. The minimum atomic E-state index is -0.779. The molecule has 2 atom stereocenters. The zero-order valence-electron chi connectivity index (χ0n) is 20.7. The Kier molecular flexibility index (Phi) is 9.35. The van der Waals surface area contributed by atoms with Gasteiger partial charge in [0.15, 0.2) is 5.82 Å². The highest BCUT2D eigenvalue weighted by Gasteiger charge is 2.21. The number of morpholine rings is 1. The highest BCUT2D eigenvalue weighted by molar-refractivity contribution is 6.36. The fraction of sp³-hybridized carbons (Fsp3) is 0.346. The molecule has 9 nitrogen and oxygen atoms in total. The summed E-state index contributed by atoms with van der Waals surface area (Å²) < 4.78 is 25.2. The maximum atomic E-state index is 14.0. The lowest BCUT2D eigenvalue weighted by molar-refractivity contribution is 0.0149. The number of aliphatic hydroxyl groups excluding tert-OH is 1. The number of hydrogen-bond donors (Lipinski definition) is 3. The third-order valence-electron chi connectivity index (χ3n) is 6.03. The summed E-state index contributed by atoms with van der Waals surface area (Å²) in [5.74, 6) is -0.935. The zero-order valence-corrected chi connectivity index (χ0v) is 22.2. The van der Waals surface area contributed by atoms with Crippen LogP contribution in [0.3, 0.4) is 0 Å². The number of hydrogen-bond acceptors (Lipinski definition) is 8. The maximum Gasteiger partial charge on any atom is 0.258 e. The summed E-state index contributed by atoms with van der Waals surface area (Å²) in [6.45, 7) is 4.99. The van der Waals surface area contributed by atoms with E-state index in [1.807, 2.05) is 0 Å². The molecule has 0 bridgehead atoms. The molecule has 1 aliphatic rings. The second-order valence-corrected chi connectivity index (χ2v) is 9.61. The highest BCUT2D eigenvalue weighted by Crippen LogP contribution is 2.35. The van der Waals surface area contributed by atoms with Gasteiger partial charge in [-0.1, -0.05) is 35.3 Å². The number of halogens is 3. The summed E-state index contributed by atoms with van der Waals surface area (Å²) in [6.07, 6.45) is -0.0264. The van der Waals surface area contributed by atoms with Gasteiger partial charge in [-0.2, -0.15) is 0 Å². The number of nitrogens with zero attached hydrogens (tertiary/aromatic N) is 3. The van der Waals surface area contributed by atoms with Gasteiger partial charge in [0.25, 0.3) is 11.8 Å². The number of carbonyl (C=O) groups is 1. The number of benzene rings is 2. The molecule has 1 fully saturated rings. The van der Waals surface area contributed by atoms with Crippen LogP contribution in [0.2, 0.25) is 10.0 Å². The first kappa shape index (κ1) is 28.0. The van der Waals surface area contributed by atoms with E-state index in [1.165, 1.54) is 18.3 Å². The summed E-state index contributed by atoms with van der Waals surface area (Å²) in [4.78, 5) is 23.5.